The van der Waals surface area contributed by atoms with Crippen molar-refractivity contribution in [3.8, 4) is 0 Å². The van der Waals surface area contributed by atoms with Crippen LogP contribution in [0, 0.1) is 0 Å². The molecule has 2 heterocycles. The lowest BCUT2D eigenvalue weighted by molar-refractivity contribution is -0.685. The van der Waals surface area contributed by atoms with Gasteiger partial charge < -0.3 is 4.55 Å². The summed E-state index contributed by atoms with van der Waals surface area (Å²) < 4.78 is 35.0. The molecule has 0 aromatic carbocycles. The van der Waals surface area contributed by atoms with Gasteiger partial charge in [0.1, 0.15) is 6.04 Å². The second-order valence-electron chi connectivity index (χ2n) is 4.37. The lowest BCUT2D eigenvalue weighted by atomic mass is 10.1. The van der Waals surface area contributed by atoms with Gasteiger partial charge >= 0.3 is 5.56 Å². The second-order valence-corrected chi connectivity index (χ2v) is 5.52. The van der Waals surface area contributed by atoms with Gasteiger partial charge in [-0.3, -0.25) is 4.18 Å². The molecular weight excluding hydrogens is 272 g/mol. The first-order valence-electron chi connectivity index (χ1n) is 5.87. The van der Waals surface area contributed by atoms with E-state index in [1.165, 1.54) is 6.42 Å². The molecule has 0 spiro atoms. The van der Waals surface area contributed by atoms with Crippen molar-refractivity contribution in [2.75, 3.05) is 7.11 Å². The Morgan fingerprint density at radius 3 is 2.58 bits per heavy atom. The number of fused-ring (bicyclic) bond motifs is 1. The molecule has 1 aliphatic heterocycles. The zero-order valence-corrected chi connectivity index (χ0v) is 12.0. The minimum Gasteiger partial charge on any atom is -0.726 e. The molecule has 1 atom stereocenters. The van der Waals surface area contributed by atoms with Crippen molar-refractivity contribution >= 4 is 10.4 Å². The Labute approximate surface area is 112 Å². The molecule has 1 unspecified atom stereocenters. The number of hydrogen-bond donors (Lipinski definition) is 0. The van der Waals surface area contributed by atoms with Crippen LogP contribution in [0.25, 0.3) is 0 Å². The highest BCUT2D eigenvalue weighted by Gasteiger charge is 2.25. The van der Waals surface area contributed by atoms with E-state index >= 15 is 0 Å². The average Bonchev–Trinajstić information content (AvgIpc) is 2.34. The molecule has 0 radical (unpaired) electrons. The molecular formula is C11H18N2O5S. The average molecular weight is 290 g/mol. The number of nitrogens with zero attached hydrogens (tertiary/aromatic N) is 2. The zero-order valence-electron chi connectivity index (χ0n) is 11.2. The van der Waals surface area contributed by atoms with Crippen LogP contribution in [-0.2, 0) is 28.1 Å². The van der Waals surface area contributed by atoms with E-state index in [2.05, 4.69) is 15.7 Å². The normalized spacial score (nSPS) is 18.2. The van der Waals surface area contributed by atoms with Crippen LogP contribution in [0.3, 0.4) is 0 Å². The highest BCUT2D eigenvalue weighted by Crippen LogP contribution is 2.18. The summed E-state index contributed by atoms with van der Waals surface area (Å²) in [5.41, 5.74) is 0.139. The first-order chi connectivity index (χ1) is 8.76. The Bertz CT molecular complexity index is 594. The number of hydrogen-bond acceptors (Lipinski definition) is 5. The fourth-order valence-electron chi connectivity index (χ4n) is 2.09. The lowest BCUT2D eigenvalue weighted by Crippen LogP contribution is -2.45. The summed E-state index contributed by atoms with van der Waals surface area (Å²) in [4.78, 5) is 11.6. The van der Waals surface area contributed by atoms with Crippen molar-refractivity contribution < 1.29 is 21.7 Å². The van der Waals surface area contributed by atoms with Gasteiger partial charge in [-0.1, -0.05) is 0 Å². The maximum absolute atomic E-state index is 11.6. The summed E-state index contributed by atoms with van der Waals surface area (Å²) in [5, 5.41) is 0. The Morgan fingerprint density at radius 1 is 1.53 bits per heavy atom. The molecule has 1 aliphatic rings. The molecule has 1 aromatic rings. The van der Waals surface area contributed by atoms with Gasteiger partial charge in [0.2, 0.25) is 10.4 Å². The van der Waals surface area contributed by atoms with Crippen LogP contribution >= 0.6 is 0 Å². The molecule has 8 heteroatoms. The molecule has 1 aromatic heterocycles. The van der Waals surface area contributed by atoms with E-state index < -0.39 is 10.4 Å². The topological polar surface area (TPSA) is 92.3 Å². The predicted molar refractivity (Wildman–Crippen MR) is 66.2 cm³/mol. The zero-order chi connectivity index (χ0) is 14.6. The van der Waals surface area contributed by atoms with Crippen molar-refractivity contribution in [1.29, 1.82) is 0 Å². The first-order valence-corrected chi connectivity index (χ1v) is 7.21. The molecule has 19 heavy (non-hydrogen) atoms. The third-order valence-corrected chi connectivity index (χ3v) is 3.44. The molecule has 108 valence electrons. The quantitative estimate of drug-likeness (QED) is 0.401. The molecule has 7 nitrogen and oxygen atoms in total. The van der Waals surface area contributed by atoms with Crippen LogP contribution < -0.4 is 10.1 Å². The third-order valence-electron chi connectivity index (χ3n) is 3.03. The van der Waals surface area contributed by atoms with Crippen LogP contribution in [0.15, 0.2) is 17.1 Å². The van der Waals surface area contributed by atoms with E-state index in [0.717, 1.165) is 25.8 Å². The molecule has 0 N–H and O–H groups in total. The molecule has 0 amide bonds. The number of rotatable bonds is 1. The summed E-state index contributed by atoms with van der Waals surface area (Å²) in [5.74, 6) is 1.16. The summed E-state index contributed by atoms with van der Waals surface area (Å²) in [6, 6.07) is 2.01. The van der Waals surface area contributed by atoms with Crippen LogP contribution in [0.4, 0.5) is 0 Å². The minimum absolute atomic E-state index is 0.139. The summed E-state index contributed by atoms with van der Waals surface area (Å²) >= 11 is 0. The van der Waals surface area contributed by atoms with Crippen LogP contribution in [0.1, 0.15) is 31.6 Å². The van der Waals surface area contributed by atoms with Crippen molar-refractivity contribution in [2.45, 2.75) is 32.2 Å². The van der Waals surface area contributed by atoms with Gasteiger partial charge in [-0.25, -0.2) is 17.8 Å². The molecule has 0 bridgehead atoms. The Hall–Kier alpha value is -1.25. The van der Waals surface area contributed by atoms with Crippen molar-refractivity contribution in [1.82, 2.24) is 4.57 Å². The van der Waals surface area contributed by atoms with Crippen molar-refractivity contribution in [2.24, 2.45) is 7.05 Å². The van der Waals surface area contributed by atoms with E-state index in [1.807, 2.05) is 17.8 Å². The van der Waals surface area contributed by atoms with Gasteiger partial charge in [-0.2, -0.15) is 4.57 Å². The second kappa shape index (κ2) is 6.27. The smallest absolute Gasteiger partial charge is 0.337 e. The maximum atomic E-state index is 11.6. The highest BCUT2D eigenvalue weighted by atomic mass is 32.3. The van der Waals surface area contributed by atoms with Gasteiger partial charge in [-0.05, 0) is 19.8 Å². The van der Waals surface area contributed by atoms with Gasteiger partial charge in [0.25, 0.3) is 5.82 Å². The largest absolute Gasteiger partial charge is 0.726 e. The monoisotopic (exact) mass is 290 g/mol. The highest BCUT2D eigenvalue weighted by molar-refractivity contribution is 7.80. The van der Waals surface area contributed by atoms with E-state index in [1.54, 1.807) is 6.07 Å². The maximum Gasteiger partial charge on any atom is 0.337 e. The number of aryl methyl sites for hydroxylation is 1. The van der Waals surface area contributed by atoms with Gasteiger partial charge in [0, 0.05) is 6.42 Å². The Kier molecular flexibility index (Phi) is 5.21. The molecule has 0 fully saturated rings. The standard InChI is InChI=1S/C10H15N2O.CH4O4S/c1-8-4-3-5-9-11(2)7-6-10(13)12(8)9;1-5-6(2,3)4/h6-8H,3-5H2,1-2H3;1H3,(H,2,3,4)/q+1;/p-1. The van der Waals surface area contributed by atoms with E-state index in [4.69, 9.17) is 0 Å². The van der Waals surface area contributed by atoms with E-state index in [9.17, 15) is 17.8 Å². The fourth-order valence-corrected chi connectivity index (χ4v) is 2.09. The third kappa shape index (κ3) is 4.41. The Balaban J connectivity index is 0.000000258. The number of aromatic nitrogens is 2. The van der Waals surface area contributed by atoms with E-state index in [0.29, 0.717) is 6.04 Å². The summed E-state index contributed by atoms with van der Waals surface area (Å²) in [6.45, 7) is 2.12. The van der Waals surface area contributed by atoms with Crippen molar-refractivity contribution in [3.63, 3.8) is 0 Å². The first kappa shape index (κ1) is 15.8. The molecule has 0 aliphatic carbocycles. The SMILES string of the molecule is CC1CCCc2n1c(=O)cc[n+]2C.COS(=O)(=O)[O-]. The van der Waals surface area contributed by atoms with Crippen LogP contribution in [-0.4, -0.2) is 24.6 Å². The molecule has 0 saturated carbocycles. The van der Waals surface area contributed by atoms with E-state index in [-0.39, 0.29) is 5.56 Å². The molecule has 0 saturated heterocycles. The summed E-state index contributed by atoms with van der Waals surface area (Å²) in [6.07, 6.45) is 5.19. The fraction of sp³-hybridized carbons (Fsp3) is 0.636. The summed E-state index contributed by atoms with van der Waals surface area (Å²) in [7, 11) is -1.60. The van der Waals surface area contributed by atoms with Crippen LogP contribution in [0.5, 0.6) is 0 Å². The van der Waals surface area contributed by atoms with Gasteiger partial charge in [-0.15, -0.1) is 0 Å². The Morgan fingerprint density at radius 2 is 2.11 bits per heavy atom. The van der Waals surface area contributed by atoms with Crippen molar-refractivity contribution in [3.05, 3.63) is 28.4 Å². The van der Waals surface area contributed by atoms with Crippen LogP contribution in [0.2, 0.25) is 0 Å². The predicted octanol–water partition coefficient (Wildman–Crippen LogP) is -0.337. The van der Waals surface area contributed by atoms with Gasteiger partial charge in [0.05, 0.1) is 26.4 Å². The van der Waals surface area contributed by atoms with Gasteiger partial charge in [0.15, 0.2) is 0 Å². The lowest BCUT2D eigenvalue weighted by Gasteiger charge is -2.18. The minimum atomic E-state index is -4.41. The molecule has 2 rings (SSSR count).